The molecule has 0 spiro atoms. The predicted molar refractivity (Wildman–Crippen MR) is 89.6 cm³/mol. The lowest BCUT2D eigenvalue weighted by Gasteiger charge is -2.09. The first-order valence-corrected chi connectivity index (χ1v) is 7.24. The molecule has 4 heteroatoms. The van der Waals surface area contributed by atoms with Gasteiger partial charge in [0.05, 0.1) is 27.2 Å². The summed E-state index contributed by atoms with van der Waals surface area (Å²) in [6.07, 6.45) is 0.271. The van der Waals surface area contributed by atoms with E-state index in [1.165, 1.54) is 0 Å². The molecule has 0 heterocycles. The maximum absolute atomic E-state index is 11.9. The minimum atomic E-state index is -0.0837. The van der Waals surface area contributed by atoms with Crippen LogP contribution < -0.4 is 14.8 Å². The van der Waals surface area contributed by atoms with Gasteiger partial charge in [-0.05, 0) is 29.8 Å². The Morgan fingerprint density at radius 1 is 1.04 bits per heavy atom. The molecule has 0 atom stereocenters. The number of nitrogens with one attached hydrogen (secondary N) is 1. The Bertz CT molecular complexity index is 714. The molecule has 0 aliphatic heterocycles. The second kappa shape index (κ2) is 8.50. The zero-order valence-electron chi connectivity index (χ0n) is 13.3. The highest BCUT2D eigenvalue weighted by Crippen LogP contribution is 2.27. The van der Waals surface area contributed by atoms with Gasteiger partial charge < -0.3 is 14.8 Å². The van der Waals surface area contributed by atoms with Crippen LogP contribution in [0.1, 0.15) is 11.1 Å². The van der Waals surface area contributed by atoms with E-state index in [1.807, 2.05) is 36.4 Å². The molecule has 1 N–H and O–H groups in total. The molecule has 0 saturated carbocycles. The summed E-state index contributed by atoms with van der Waals surface area (Å²) in [5.41, 5.74) is 1.79. The zero-order chi connectivity index (χ0) is 16.5. The lowest BCUT2D eigenvalue weighted by atomic mass is 10.1. The smallest absolute Gasteiger partial charge is 0.225 e. The minimum Gasteiger partial charge on any atom is -0.493 e. The van der Waals surface area contributed by atoms with Gasteiger partial charge in [-0.25, -0.2) is 0 Å². The predicted octanol–water partition coefficient (Wildman–Crippen LogP) is 2.41. The molecule has 118 valence electrons. The second-order valence-electron chi connectivity index (χ2n) is 4.81. The number of hydrogen-bond donors (Lipinski definition) is 1. The van der Waals surface area contributed by atoms with E-state index < -0.39 is 0 Å². The third-order valence-corrected chi connectivity index (χ3v) is 3.19. The normalized spacial score (nSPS) is 9.48. The average molecular weight is 309 g/mol. The number of benzene rings is 2. The maximum Gasteiger partial charge on any atom is 0.225 e. The molecule has 23 heavy (non-hydrogen) atoms. The van der Waals surface area contributed by atoms with Gasteiger partial charge in [-0.1, -0.05) is 36.1 Å². The molecule has 4 nitrogen and oxygen atoms in total. The van der Waals surface area contributed by atoms with Crippen LogP contribution in [0.3, 0.4) is 0 Å². The lowest BCUT2D eigenvalue weighted by molar-refractivity contribution is -0.120. The van der Waals surface area contributed by atoms with E-state index in [0.29, 0.717) is 18.0 Å². The summed E-state index contributed by atoms with van der Waals surface area (Å²) in [4.78, 5) is 11.9. The van der Waals surface area contributed by atoms with Crippen LogP contribution in [-0.2, 0) is 11.2 Å². The van der Waals surface area contributed by atoms with Gasteiger partial charge in [0.25, 0.3) is 0 Å². The van der Waals surface area contributed by atoms with Gasteiger partial charge in [0.15, 0.2) is 11.5 Å². The van der Waals surface area contributed by atoms with Crippen LogP contribution in [0, 0.1) is 11.8 Å². The first-order valence-electron chi connectivity index (χ1n) is 7.24. The van der Waals surface area contributed by atoms with E-state index in [2.05, 4.69) is 17.2 Å². The van der Waals surface area contributed by atoms with Crippen molar-refractivity contribution in [3.05, 3.63) is 59.7 Å². The van der Waals surface area contributed by atoms with E-state index in [0.717, 1.165) is 11.1 Å². The van der Waals surface area contributed by atoms with E-state index in [1.54, 1.807) is 26.4 Å². The van der Waals surface area contributed by atoms with Gasteiger partial charge in [-0.15, -0.1) is 0 Å². The Kier molecular flexibility index (Phi) is 6.07. The Hall–Kier alpha value is -2.93. The van der Waals surface area contributed by atoms with Crippen molar-refractivity contribution in [2.24, 2.45) is 0 Å². The number of hydrogen-bond acceptors (Lipinski definition) is 3. The van der Waals surface area contributed by atoms with Crippen LogP contribution in [0.5, 0.6) is 11.5 Å². The maximum atomic E-state index is 11.9. The van der Waals surface area contributed by atoms with Crippen LogP contribution >= 0.6 is 0 Å². The molecule has 0 saturated heterocycles. The number of ether oxygens (including phenoxy) is 2. The molecule has 0 fully saturated rings. The summed E-state index contributed by atoms with van der Waals surface area (Å²) in [6, 6.07) is 15.1. The summed E-state index contributed by atoms with van der Waals surface area (Å²) >= 11 is 0. The molecular formula is C19H19NO3. The van der Waals surface area contributed by atoms with Crippen molar-refractivity contribution >= 4 is 5.91 Å². The number of rotatable bonds is 5. The fourth-order valence-electron chi connectivity index (χ4n) is 2.05. The molecule has 2 rings (SSSR count). The monoisotopic (exact) mass is 309 g/mol. The minimum absolute atomic E-state index is 0.0837. The zero-order valence-corrected chi connectivity index (χ0v) is 13.3. The number of amides is 1. The van der Waals surface area contributed by atoms with E-state index in [9.17, 15) is 4.79 Å². The molecule has 0 radical (unpaired) electrons. The van der Waals surface area contributed by atoms with Gasteiger partial charge >= 0.3 is 0 Å². The first kappa shape index (κ1) is 16.4. The molecule has 0 aliphatic rings. The fourth-order valence-corrected chi connectivity index (χ4v) is 2.05. The van der Waals surface area contributed by atoms with E-state index >= 15 is 0 Å². The molecule has 0 aromatic heterocycles. The largest absolute Gasteiger partial charge is 0.493 e. The summed E-state index contributed by atoms with van der Waals surface area (Å²) in [7, 11) is 3.15. The van der Waals surface area contributed by atoms with Crippen molar-refractivity contribution in [2.75, 3.05) is 20.8 Å². The molecule has 2 aromatic carbocycles. The molecule has 0 bridgehead atoms. The quantitative estimate of drug-likeness (QED) is 0.863. The van der Waals surface area contributed by atoms with E-state index in [-0.39, 0.29) is 12.3 Å². The molecule has 1 amide bonds. The Morgan fingerprint density at radius 2 is 1.78 bits per heavy atom. The summed E-state index contributed by atoms with van der Waals surface area (Å²) in [5, 5.41) is 2.78. The van der Waals surface area contributed by atoms with Crippen LogP contribution in [-0.4, -0.2) is 26.7 Å². The van der Waals surface area contributed by atoms with Crippen molar-refractivity contribution in [1.29, 1.82) is 0 Å². The summed E-state index contributed by atoms with van der Waals surface area (Å²) in [6.45, 7) is 0.320. The van der Waals surface area contributed by atoms with Gasteiger partial charge in [0.2, 0.25) is 5.91 Å². The first-order chi connectivity index (χ1) is 11.2. The SMILES string of the molecule is COc1ccc(CC(=O)NCC#Cc2ccccc2)cc1OC. The topological polar surface area (TPSA) is 47.6 Å². The highest BCUT2D eigenvalue weighted by Gasteiger charge is 2.07. The van der Waals surface area contributed by atoms with Gasteiger partial charge in [0, 0.05) is 5.56 Å². The fraction of sp³-hybridized carbons (Fsp3) is 0.211. The van der Waals surface area contributed by atoms with Crippen molar-refractivity contribution < 1.29 is 14.3 Å². The highest BCUT2D eigenvalue weighted by atomic mass is 16.5. The number of methoxy groups -OCH3 is 2. The standard InChI is InChI=1S/C19H19NO3/c1-22-17-11-10-16(13-18(17)23-2)14-19(21)20-12-6-9-15-7-4-3-5-8-15/h3-5,7-8,10-11,13H,12,14H2,1-2H3,(H,20,21). The second-order valence-corrected chi connectivity index (χ2v) is 4.81. The van der Waals surface area contributed by atoms with Crippen LogP contribution in [0.25, 0.3) is 0 Å². The molecule has 0 aliphatic carbocycles. The lowest BCUT2D eigenvalue weighted by Crippen LogP contribution is -2.25. The van der Waals surface area contributed by atoms with Gasteiger partial charge in [0.1, 0.15) is 0 Å². The van der Waals surface area contributed by atoms with E-state index in [4.69, 9.17) is 9.47 Å². The van der Waals surface area contributed by atoms with Crippen molar-refractivity contribution in [3.63, 3.8) is 0 Å². The Balaban J connectivity index is 1.87. The Morgan fingerprint density at radius 3 is 2.48 bits per heavy atom. The van der Waals surface area contributed by atoms with Gasteiger partial charge in [-0.2, -0.15) is 0 Å². The average Bonchev–Trinajstić information content (AvgIpc) is 2.59. The van der Waals surface area contributed by atoms with Crippen molar-refractivity contribution in [1.82, 2.24) is 5.32 Å². The molecule has 2 aromatic rings. The third kappa shape index (κ3) is 5.08. The van der Waals surface area contributed by atoms with Crippen LogP contribution in [0.2, 0.25) is 0 Å². The number of carbonyl (C=O) groups excluding carboxylic acids is 1. The number of carbonyl (C=O) groups is 1. The van der Waals surface area contributed by atoms with Crippen molar-refractivity contribution in [3.8, 4) is 23.3 Å². The summed E-state index contributed by atoms with van der Waals surface area (Å²) < 4.78 is 10.4. The highest BCUT2D eigenvalue weighted by molar-refractivity contribution is 5.79. The van der Waals surface area contributed by atoms with Crippen LogP contribution in [0.4, 0.5) is 0 Å². The van der Waals surface area contributed by atoms with Crippen molar-refractivity contribution in [2.45, 2.75) is 6.42 Å². The Labute approximate surface area is 136 Å². The molecular weight excluding hydrogens is 290 g/mol. The van der Waals surface area contributed by atoms with Crippen LogP contribution in [0.15, 0.2) is 48.5 Å². The van der Waals surface area contributed by atoms with Gasteiger partial charge in [-0.3, -0.25) is 4.79 Å². The molecule has 0 unspecified atom stereocenters. The third-order valence-electron chi connectivity index (χ3n) is 3.19. The summed E-state index contributed by atoms with van der Waals surface area (Å²) in [5.74, 6) is 7.10.